The number of halogens is 2. The van der Waals surface area contributed by atoms with Crippen molar-refractivity contribution in [3.05, 3.63) is 99.5 Å². The van der Waals surface area contributed by atoms with E-state index in [1.54, 1.807) is 7.11 Å². The molecule has 0 radical (unpaired) electrons. The van der Waals surface area contributed by atoms with E-state index in [2.05, 4.69) is 63.7 Å². The van der Waals surface area contributed by atoms with Crippen LogP contribution >= 0.6 is 27.5 Å². The normalized spacial score (nSPS) is 10.8. The van der Waals surface area contributed by atoms with Gasteiger partial charge < -0.3 is 14.8 Å². The Morgan fingerprint density at radius 2 is 1.63 bits per heavy atom. The lowest BCUT2D eigenvalue weighted by atomic mass is 10.1. The Kier molecular flexibility index (Phi) is 6.46. The van der Waals surface area contributed by atoms with Gasteiger partial charge in [-0.05, 0) is 35.2 Å². The van der Waals surface area contributed by atoms with Crippen molar-refractivity contribution in [1.29, 1.82) is 0 Å². The predicted molar refractivity (Wildman–Crippen MR) is 128 cm³/mol. The number of anilines is 1. The highest BCUT2D eigenvalue weighted by atomic mass is 79.9. The number of benzene rings is 4. The zero-order valence-electron chi connectivity index (χ0n) is 16.5. The second kappa shape index (κ2) is 9.41. The first kappa shape index (κ1) is 20.6. The maximum atomic E-state index is 6.23. The molecule has 30 heavy (non-hydrogen) atoms. The number of hydrogen-bond donors (Lipinski definition) is 1. The zero-order chi connectivity index (χ0) is 20.9. The molecule has 0 saturated heterocycles. The van der Waals surface area contributed by atoms with Crippen molar-refractivity contribution in [2.45, 2.75) is 13.2 Å². The maximum Gasteiger partial charge on any atom is 0.162 e. The monoisotopic (exact) mass is 481 g/mol. The van der Waals surface area contributed by atoms with Crippen LogP contribution in [-0.4, -0.2) is 7.11 Å². The number of ether oxygens (including phenoxy) is 2. The summed E-state index contributed by atoms with van der Waals surface area (Å²) in [6.07, 6.45) is 0. The first-order valence-electron chi connectivity index (χ1n) is 9.60. The van der Waals surface area contributed by atoms with Gasteiger partial charge in [0.1, 0.15) is 6.61 Å². The van der Waals surface area contributed by atoms with E-state index in [9.17, 15) is 0 Å². The molecule has 0 spiro atoms. The van der Waals surface area contributed by atoms with Crippen LogP contribution < -0.4 is 14.8 Å². The summed E-state index contributed by atoms with van der Waals surface area (Å²) in [6.45, 7) is 1.02. The number of fused-ring (bicyclic) bond motifs is 1. The molecule has 0 saturated carbocycles. The summed E-state index contributed by atoms with van der Waals surface area (Å²) in [5, 5.41) is 6.63. The summed E-state index contributed by atoms with van der Waals surface area (Å²) >= 11 is 9.91. The van der Waals surface area contributed by atoms with Crippen LogP contribution in [0.25, 0.3) is 10.8 Å². The van der Waals surface area contributed by atoms with Crippen molar-refractivity contribution in [3.63, 3.8) is 0 Å². The van der Waals surface area contributed by atoms with Crippen LogP contribution in [0.2, 0.25) is 5.02 Å². The van der Waals surface area contributed by atoms with E-state index in [0.29, 0.717) is 29.7 Å². The van der Waals surface area contributed by atoms with Gasteiger partial charge in [0.05, 0.1) is 7.11 Å². The van der Waals surface area contributed by atoms with Gasteiger partial charge in [-0.1, -0.05) is 82.1 Å². The van der Waals surface area contributed by atoms with Gasteiger partial charge in [0.2, 0.25) is 0 Å². The Morgan fingerprint density at radius 1 is 0.867 bits per heavy atom. The van der Waals surface area contributed by atoms with Crippen LogP contribution in [0.4, 0.5) is 5.69 Å². The highest BCUT2D eigenvalue weighted by molar-refractivity contribution is 9.10. The summed E-state index contributed by atoms with van der Waals surface area (Å²) < 4.78 is 12.5. The number of methoxy groups -OCH3 is 1. The minimum atomic E-state index is 0.371. The lowest BCUT2D eigenvalue weighted by Crippen LogP contribution is -2.03. The van der Waals surface area contributed by atoms with E-state index in [-0.39, 0.29) is 0 Å². The Hall–Kier alpha value is -2.69. The lowest BCUT2D eigenvalue weighted by Gasteiger charge is -2.16. The highest BCUT2D eigenvalue weighted by Gasteiger charge is 2.12. The van der Waals surface area contributed by atoms with Gasteiger partial charge >= 0.3 is 0 Å². The molecule has 0 unspecified atom stereocenters. The van der Waals surface area contributed by atoms with E-state index in [1.165, 1.54) is 10.8 Å². The molecule has 0 atom stereocenters. The third-order valence-electron chi connectivity index (χ3n) is 4.93. The van der Waals surface area contributed by atoms with E-state index < -0.39 is 0 Å². The molecule has 3 nitrogen and oxygen atoms in total. The second-order valence-corrected chi connectivity index (χ2v) is 8.12. The maximum absolute atomic E-state index is 6.23. The van der Waals surface area contributed by atoms with Gasteiger partial charge in [0, 0.05) is 32.7 Å². The lowest BCUT2D eigenvalue weighted by molar-refractivity contribution is 0.284. The van der Waals surface area contributed by atoms with E-state index >= 15 is 0 Å². The third-order valence-corrected chi connectivity index (χ3v) is 6.04. The molecule has 1 N–H and O–H groups in total. The molecule has 0 bridgehead atoms. The SMILES string of the molecule is COc1cc(CNc2cccc3ccccc23)c(Br)cc1OCc1ccccc1Cl. The highest BCUT2D eigenvalue weighted by Crippen LogP contribution is 2.35. The molecule has 4 aromatic carbocycles. The molecule has 4 aromatic rings. The van der Waals surface area contributed by atoms with Crippen molar-refractivity contribution in [1.82, 2.24) is 0 Å². The second-order valence-electron chi connectivity index (χ2n) is 6.85. The fraction of sp³-hybridized carbons (Fsp3) is 0.120. The topological polar surface area (TPSA) is 30.5 Å². The largest absolute Gasteiger partial charge is 0.493 e. The molecule has 5 heteroatoms. The average Bonchev–Trinajstić information content (AvgIpc) is 2.78. The Balaban J connectivity index is 1.52. The zero-order valence-corrected chi connectivity index (χ0v) is 18.8. The van der Waals surface area contributed by atoms with Gasteiger partial charge in [0.25, 0.3) is 0 Å². The first-order chi connectivity index (χ1) is 14.7. The minimum absolute atomic E-state index is 0.371. The molecular weight excluding hydrogens is 462 g/mol. The van der Waals surface area contributed by atoms with Crippen LogP contribution in [0.3, 0.4) is 0 Å². The molecule has 0 aliphatic rings. The van der Waals surface area contributed by atoms with Crippen molar-refractivity contribution in [2.75, 3.05) is 12.4 Å². The Morgan fingerprint density at radius 3 is 2.47 bits per heavy atom. The van der Waals surface area contributed by atoms with E-state index in [4.69, 9.17) is 21.1 Å². The fourth-order valence-electron chi connectivity index (χ4n) is 3.33. The molecule has 0 aliphatic carbocycles. The molecule has 4 rings (SSSR count). The van der Waals surface area contributed by atoms with Crippen molar-refractivity contribution in [3.8, 4) is 11.5 Å². The number of rotatable bonds is 7. The third kappa shape index (κ3) is 4.55. The molecule has 0 aliphatic heterocycles. The molecule has 152 valence electrons. The molecule has 0 aromatic heterocycles. The Bertz CT molecular complexity index is 1170. The molecular formula is C25H21BrClNO2. The molecule has 0 fully saturated rings. The fourth-order valence-corrected chi connectivity index (χ4v) is 3.98. The Labute approximate surface area is 189 Å². The quantitative estimate of drug-likeness (QED) is 0.296. The first-order valence-corrected chi connectivity index (χ1v) is 10.8. The van der Waals surface area contributed by atoms with Crippen molar-refractivity contribution in [2.24, 2.45) is 0 Å². The molecule has 0 amide bonds. The van der Waals surface area contributed by atoms with Gasteiger partial charge in [0.15, 0.2) is 11.5 Å². The van der Waals surface area contributed by atoms with Gasteiger partial charge in [-0.15, -0.1) is 0 Å². The smallest absolute Gasteiger partial charge is 0.162 e. The van der Waals surface area contributed by atoms with Crippen LogP contribution in [0.5, 0.6) is 11.5 Å². The van der Waals surface area contributed by atoms with E-state index in [0.717, 1.165) is 21.3 Å². The van der Waals surface area contributed by atoms with Crippen molar-refractivity contribution < 1.29 is 9.47 Å². The predicted octanol–water partition coefficient (Wildman–Crippen LogP) is 7.46. The van der Waals surface area contributed by atoms with Gasteiger partial charge in [-0.3, -0.25) is 0 Å². The summed E-state index contributed by atoms with van der Waals surface area (Å²) in [5.74, 6) is 1.35. The molecule has 0 heterocycles. The standard InChI is InChI=1S/C25H21BrClNO2/c1-29-24-13-19(15-28-23-12-6-9-17-7-2-4-10-20(17)23)21(26)14-25(24)30-16-18-8-3-5-11-22(18)27/h2-14,28H,15-16H2,1H3. The summed E-state index contributed by atoms with van der Waals surface area (Å²) in [5.41, 5.74) is 3.10. The number of nitrogens with one attached hydrogen (secondary N) is 1. The summed E-state index contributed by atoms with van der Waals surface area (Å²) in [7, 11) is 1.65. The summed E-state index contributed by atoms with van der Waals surface area (Å²) in [4.78, 5) is 0. The van der Waals surface area contributed by atoms with Gasteiger partial charge in [-0.2, -0.15) is 0 Å². The van der Waals surface area contributed by atoms with Crippen LogP contribution in [0.15, 0.2) is 83.3 Å². The minimum Gasteiger partial charge on any atom is -0.493 e. The van der Waals surface area contributed by atoms with Crippen LogP contribution in [-0.2, 0) is 13.2 Å². The van der Waals surface area contributed by atoms with Gasteiger partial charge in [-0.25, -0.2) is 0 Å². The average molecular weight is 483 g/mol. The van der Waals surface area contributed by atoms with Crippen LogP contribution in [0, 0.1) is 0 Å². The number of hydrogen-bond acceptors (Lipinski definition) is 3. The van der Waals surface area contributed by atoms with Crippen LogP contribution in [0.1, 0.15) is 11.1 Å². The van der Waals surface area contributed by atoms with E-state index in [1.807, 2.05) is 36.4 Å². The summed E-state index contributed by atoms with van der Waals surface area (Å²) in [6, 6.07) is 26.2. The van der Waals surface area contributed by atoms with Crippen molar-refractivity contribution >= 4 is 44.0 Å².